The topological polar surface area (TPSA) is 114 Å². The number of amides is 1. The Kier molecular flexibility index (Phi) is 7.99. The lowest BCUT2D eigenvalue weighted by Gasteiger charge is -2.14. The summed E-state index contributed by atoms with van der Waals surface area (Å²) in [6.07, 6.45) is 1.42. The number of anilines is 1. The van der Waals surface area contributed by atoms with Gasteiger partial charge in [-0.25, -0.2) is 0 Å². The molecule has 8 nitrogen and oxygen atoms in total. The molecule has 0 aromatic heterocycles. The number of halogens is 1. The van der Waals surface area contributed by atoms with E-state index in [-0.39, 0.29) is 16.9 Å². The third-order valence-corrected chi connectivity index (χ3v) is 5.27. The van der Waals surface area contributed by atoms with Crippen LogP contribution in [0.4, 0.5) is 11.4 Å². The van der Waals surface area contributed by atoms with E-state index in [2.05, 4.69) is 27.9 Å². The molecule has 0 unspecified atom stereocenters. The van der Waals surface area contributed by atoms with Gasteiger partial charge < -0.3 is 14.8 Å². The Balaban J connectivity index is 1.82. The molecule has 0 saturated carbocycles. The van der Waals surface area contributed by atoms with E-state index in [0.29, 0.717) is 23.7 Å². The summed E-state index contributed by atoms with van der Waals surface area (Å²) in [7, 11) is 1.51. The summed E-state index contributed by atoms with van der Waals surface area (Å²) in [5.74, 6) is 0.329. The van der Waals surface area contributed by atoms with Crippen LogP contribution in [-0.4, -0.2) is 17.9 Å². The van der Waals surface area contributed by atoms with Crippen molar-refractivity contribution in [3.63, 3.8) is 0 Å². The van der Waals surface area contributed by atoms with E-state index in [1.54, 1.807) is 12.1 Å². The zero-order valence-corrected chi connectivity index (χ0v) is 19.6. The lowest BCUT2D eigenvalue weighted by molar-refractivity contribution is -0.384. The van der Waals surface area contributed by atoms with Gasteiger partial charge in [-0.15, -0.1) is 0 Å². The van der Waals surface area contributed by atoms with Gasteiger partial charge in [0.2, 0.25) is 0 Å². The largest absolute Gasteiger partial charge is 0.493 e. The number of methoxy groups -OCH3 is 1. The van der Waals surface area contributed by atoms with Crippen LogP contribution in [0.15, 0.2) is 72.3 Å². The quantitative estimate of drug-likeness (QED) is 0.132. The monoisotopic (exact) mass is 555 g/mol. The number of carbonyl (C=O) groups excluding carboxylic acids is 1. The molecule has 0 saturated heterocycles. The van der Waals surface area contributed by atoms with Crippen LogP contribution in [0.25, 0.3) is 6.08 Å². The van der Waals surface area contributed by atoms with Gasteiger partial charge in [0.1, 0.15) is 18.2 Å². The van der Waals surface area contributed by atoms with Gasteiger partial charge >= 0.3 is 0 Å². The maximum Gasteiger partial charge on any atom is 0.271 e. The molecule has 3 aromatic rings. The molecule has 0 heterocycles. The van der Waals surface area contributed by atoms with Crippen LogP contribution in [0.2, 0.25) is 0 Å². The van der Waals surface area contributed by atoms with Crippen molar-refractivity contribution in [3.8, 4) is 17.6 Å². The Morgan fingerprint density at radius 3 is 2.61 bits per heavy atom. The minimum absolute atomic E-state index is 0.166. The molecular weight excluding hydrogens is 537 g/mol. The second-order valence-electron chi connectivity index (χ2n) is 6.74. The number of non-ortho nitro benzene ring substituents is 1. The van der Waals surface area contributed by atoms with Crippen molar-refractivity contribution in [3.05, 3.63) is 97.1 Å². The number of hydrogen-bond acceptors (Lipinski definition) is 6. The molecule has 33 heavy (non-hydrogen) atoms. The Hall–Kier alpha value is -3.91. The molecule has 0 fully saturated rings. The Labute approximate surface area is 203 Å². The van der Waals surface area contributed by atoms with Gasteiger partial charge in [-0.1, -0.05) is 36.4 Å². The fourth-order valence-corrected chi connectivity index (χ4v) is 3.68. The highest BCUT2D eigenvalue weighted by atomic mass is 127. The number of rotatable bonds is 8. The van der Waals surface area contributed by atoms with Gasteiger partial charge in [-0.3, -0.25) is 14.9 Å². The van der Waals surface area contributed by atoms with E-state index < -0.39 is 10.8 Å². The zero-order chi connectivity index (χ0) is 23.8. The van der Waals surface area contributed by atoms with Crippen LogP contribution in [0.5, 0.6) is 11.5 Å². The zero-order valence-electron chi connectivity index (χ0n) is 17.4. The third kappa shape index (κ3) is 6.30. The number of hydrogen-bond donors (Lipinski definition) is 1. The number of benzene rings is 3. The van der Waals surface area contributed by atoms with Crippen molar-refractivity contribution < 1.29 is 19.2 Å². The van der Waals surface area contributed by atoms with Crippen molar-refractivity contribution in [1.29, 1.82) is 5.26 Å². The maximum atomic E-state index is 12.6. The first-order chi connectivity index (χ1) is 15.9. The molecule has 0 radical (unpaired) electrons. The lowest BCUT2D eigenvalue weighted by atomic mass is 10.1. The molecule has 1 N–H and O–H groups in total. The second-order valence-corrected chi connectivity index (χ2v) is 7.90. The summed E-state index contributed by atoms with van der Waals surface area (Å²) < 4.78 is 12.1. The Morgan fingerprint density at radius 2 is 1.94 bits per heavy atom. The average molecular weight is 555 g/mol. The number of nitrogens with one attached hydrogen (secondary N) is 1. The van der Waals surface area contributed by atoms with Gasteiger partial charge in [0.05, 0.1) is 15.6 Å². The number of ether oxygens (including phenoxy) is 2. The summed E-state index contributed by atoms with van der Waals surface area (Å²) in [5, 5.41) is 22.9. The van der Waals surface area contributed by atoms with E-state index in [0.717, 1.165) is 9.13 Å². The van der Waals surface area contributed by atoms with E-state index in [1.807, 2.05) is 36.4 Å². The fourth-order valence-electron chi connectivity index (χ4n) is 2.90. The molecule has 1 amide bonds. The van der Waals surface area contributed by atoms with Crippen molar-refractivity contribution in [2.24, 2.45) is 0 Å². The van der Waals surface area contributed by atoms with E-state index in [4.69, 9.17) is 9.47 Å². The standard InChI is InChI=1S/C24H18IN3O5/c1-32-22-12-17(11-21(25)23(22)33-15-16-6-3-2-4-7-16)10-18(14-26)24(29)27-19-8-5-9-20(13-19)28(30)31/h2-13H,15H2,1H3,(H,27,29)/b18-10-. The van der Waals surface area contributed by atoms with Crippen LogP contribution in [0.3, 0.4) is 0 Å². The molecule has 0 aliphatic carbocycles. The van der Waals surface area contributed by atoms with Gasteiger partial charge in [0.25, 0.3) is 11.6 Å². The number of carbonyl (C=O) groups is 1. The van der Waals surface area contributed by atoms with Crippen LogP contribution >= 0.6 is 22.6 Å². The predicted octanol–water partition coefficient (Wildman–Crippen LogP) is 5.33. The molecule has 166 valence electrons. The molecule has 0 bridgehead atoms. The van der Waals surface area contributed by atoms with Crippen molar-refractivity contribution in [2.45, 2.75) is 6.61 Å². The molecule has 9 heteroatoms. The molecule has 0 aliphatic rings. The first-order valence-electron chi connectivity index (χ1n) is 9.63. The molecule has 0 aliphatic heterocycles. The number of nitro groups is 1. The third-order valence-electron chi connectivity index (χ3n) is 4.47. The lowest BCUT2D eigenvalue weighted by Crippen LogP contribution is -2.13. The minimum Gasteiger partial charge on any atom is -0.493 e. The molecular formula is C24H18IN3O5. The first-order valence-corrected chi connectivity index (χ1v) is 10.7. The van der Waals surface area contributed by atoms with Gasteiger partial charge in [0, 0.05) is 17.8 Å². The number of nitrogens with zero attached hydrogens (tertiary/aromatic N) is 2. The van der Waals surface area contributed by atoms with E-state index in [9.17, 15) is 20.2 Å². The number of nitro benzene ring substituents is 1. The minimum atomic E-state index is -0.684. The molecule has 3 aromatic carbocycles. The Bertz CT molecular complexity index is 1250. The first kappa shape index (κ1) is 23.7. The highest BCUT2D eigenvalue weighted by Gasteiger charge is 2.15. The van der Waals surface area contributed by atoms with Crippen LogP contribution in [-0.2, 0) is 11.4 Å². The van der Waals surface area contributed by atoms with Crippen molar-refractivity contribution in [1.82, 2.24) is 0 Å². The van der Waals surface area contributed by atoms with Crippen molar-refractivity contribution in [2.75, 3.05) is 12.4 Å². The van der Waals surface area contributed by atoms with E-state index >= 15 is 0 Å². The molecule has 0 atom stereocenters. The highest BCUT2D eigenvalue weighted by molar-refractivity contribution is 14.1. The summed E-state index contributed by atoms with van der Waals surface area (Å²) in [4.78, 5) is 22.9. The predicted molar refractivity (Wildman–Crippen MR) is 132 cm³/mol. The van der Waals surface area contributed by atoms with E-state index in [1.165, 1.54) is 37.5 Å². The summed E-state index contributed by atoms with van der Waals surface area (Å²) >= 11 is 2.10. The van der Waals surface area contributed by atoms with Gasteiger partial charge in [-0.2, -0.15) is 5.26 Å². The second kappa shape index (κ2) is 11.1. The summed E-state index contributed by atoms with van der Waals surface area (Å²) in [5.41, 5.74) is 1.45. The van der Waals surface area contributed by atoms with Gasteiger partial charge in [-0.05, 0) is 58.0 Å². The summed E-state index contributed by atoms with van der Waals surface area (Å²) in [6, 6.07) is 20.5. The molecule has 0 spiro atoms. The molecule has 3 rings (SSSR count). The normalized spacial score (nSPS) is 10.8. The van der Waals surface area contributed by atoms with Crippen LogP contribution < -0.4 is 14.8 Å². The number of nitriles is 1. The van der Waals surface area contributed by atoms with Crippen LogP contribution in [0, 0.1) is 25.0 Å². The maximum absolute atomic E-state index is 12.6. The summed E-state index contributed by atoms with van der Waals surface area (Å²) in [6.45, 7) is 0.359. The Morgan fingerprint density at radius 1 is 1.18 bits per heavy atom. The average Bonchev–Trinajstić information content (AvgIpc) is 2.82. The highest BCUT2D eigenvalue weighted by Crippen LogP contribution is 2.35. The van der Waals surface area contributed by atoms with Crippen LogP contribution in [0.1, 0.15) is 11.1 Å². The SMILES string of the molecule is COc1cc(/C=C(/C#N)C(=O)Nc2cccc([N+](=O)[O-])c2)cc(I)c1OCc1ccccc1. The van der Waals surface area contributed by atoms with Crippen molar-refractivity contribution >= 4 is 45.9 Å². The van der Waals surface area contributed by atoms with Gasteiger partial charge in [0.15, 0.2) is 11.5 Å². The fraction of sp³-hybridized carbons (Fsp3) is 0.0833. The smallest absolute Gasteiger partial charge is 0.271 e.